The van der Waals surface area contributed by atoms with Crippen LogP contribution in [0.3, 0.4) is 0 Å². The van der Waals surface area contributed by atoms with Crippen LogP contribution in [0.25, 0.3) is 0 Å². The van der Waals surface area contributed by atoms with E-state index in [4.69, 9.17) is 0 Å². The molecule has 152 valence electrons. The minimum Gasteiger partial charge on any atom is -0.352 e. The van der Waals surface area contributed by atoms with Crippen molar-refractivity contribution in [1.29, 1.82) is 0 Å². The molecule has 2 saturated heterocycles. The SMILES string of the molecule is CS(=O)(=O)N1CCCC(NC(=O)C2CC(=O)N(c3ccc4c(c3)CCC4)C2)C1. The standard InChI is InChI=1S/C20H27N3O4S/c1-28(26,27)22-9-3-6-17(13-22)21-20(25)16-11-19(24)23(12-16)18-8-7-14-4-2-5-15(14)10-18/h7-8,10,16-17H,2-6,9,11-13H2,1H3,(H,21,25). The average Bonchev–Trinajstić information content (AvgIpc) is 3.27. The summed E-state index contributed by atoms with van der Waals surface area (Å²) in [7, 11) is -3.25. The first-order valence-corrected chi connectivity index (χ1v) is 11.8. The summed E-state index contributed by atoms with van der Waals surface area (Å²) in [5.41, 5.74) is 3.54. The Balaban J connectivity index is 1.39. The molecule has 2 atom stereocenters. The molecule has 3 aliphatic rings. The van der Waals surface area contributed by atoms with E-state index in [1.807, 2.05) is 6.07 Å². The molecule has 0 bridgehead atoms. The second-order valence-corrected chi connectivity index (χ2v) is 10.2. The van der Waals surface area contributed by atoms with E-state index >= 15 is 0 Å². The average molecular weight is 406 g/mol. The number of sulfonamides is 1. The molecular weight excluding hydrogens is 378 g/mol. The minimum atomic E-state index is -3.25. The van der Waals surface area contributed by atoms with E-state index in [2.05, 4.69) is 17.4 Å². The maximum Gasteiger partial charge on any atom is 0.227 e. The Morgan fingerprint density at radius 1 is 1.14 bits per heavy atom. The van der Waals surface area contributed by atoms with Gasteiger partial charge in [-0.1, -0.05) is 6.07 Å². The van der Waals surface area contributed by atoms with Crippen molar-refractivity contribution in [3.05, 3.63) is 29.3 Å². The second-order valence-electron chi connectivity index (χ2n) is 8.18. The fourth-order valence-corrected chi connectivity index (χ4v) is 5.45. The number of hydrogen-bond acceptors (Lipinski definition) is 4. The van der Waals surface area contributed by atoms with E-state index in [0.29, 0.717) is 19.6 Å². The fourth-order valence-electron chi connectivity index (χ4n) is 4.54. The molecule has 1 aromatic carbocycles. The van der Waals surface area contributed by atoms with E-state index < -0.39 is 15.9 Å². The molecule has 1 aliphatic carbocycles. The van der Waals surface area contributed by atoms with Crippen LogP contribution in [-0.4, -0.2) is 56.5 Å². The molecular formula is C20H27N3O4S. The fraction of sp³-hybridized carbons (Fsp3) is 0.600. The molecule has 4 rings (SSSR count). The van der Waals surface area contributed by atoms with Crippen LogP contribution in [0.1, 0.15) is 36.8 Å². The van der Waals surface area contributed by atoms with Gasteiger partial charge in [-0.2, -0.15) is 0 Å². The third-order valence-electron chi connectivity index (χ3n) is 6.09. The van der Waals surface area contributed by atoms with Gasteiger partial charge in [0.1, 0.15) is 0 Å². The lowest BCUT2D eigenvalue weighted by atomic mass is 10.0. The Morgan fingerprint density at radius 2 is 1.93 bits per heavy atom. The number of aryl methyl sites for hydroxylation is 2. The number of anilines is 1. The third-order valence-corrected chi connectivity index (χ3v) is 7.36. The summed E-state index contributed by atoms with van der Waals surface area (Å²) >= 11 is 0. The molecule has 28 heavy (non-hydrogen) atoms. The molecule has 8 heteroatoms. The van der Waals surface area contributed by atoms with Crippen LogP contribution >= 0.6 is 0 Å². The predicted molar refractivity (Wildman–Crippen MR) is 107 cm³/mol. The molecule has 0 aromatic heterocycles. The van der Waals surface area contributed by atoms with Crippen molar-refractivity contribution in [1.82, 2.24) is 9.62 Å². The van der Waals surface area contributed by atoms with Crippen molar-refractivity contribution in [3.8, 4) is 0 Å². The van der Waals surface area contributed by atoms with Crippen LogP contribution in [0.15, 0.2) is 18.2 Å². The van der Waals surface area contributed by atoms with Crippen molar-refractivity contribution in [2.24, 2.45) is 5.92 Å². The highest BCUT2D eigenvalue weighted by atomic mass is 32.2. The summed E-state index contributed by atoms with van der Waals surface area (Å²) in [6, 6.07) is 5.97. The van der Waals surface area contributed by atoms with E-state index in [0.717, 1.165) is 37.8 Å². The van der Waals surface area contributed by atoms with Gasteiger partial charge in [-0.05, 0) is 55.4 Å². The van der Waals surface area contributed by atoms with Gasteiger partial charge < -0.3 is 10.2 Å². The Hall–Kier alpha value is -1.93. The number of carbonyl (C=O) groups excluding carboxylic acids is 2. The highest BCUT2D eigenvalue weighted by molar-refractivity contribution is 7.88. The molecule has 0 saturated carbocycles. The number of carbonyl (C=O) groups is 2. The zero-order chi connectivity index (χ0) is 19.9. The van der Waals surface area contributed by atoms with Gasteiger partial charge in [-0.3, -0.25) is 9.59 Å². The molecule has 1 N–H and O–H groups in total. The van der Waals surface area contributed by atoms with Crippen LogP contribution < -0.4 is 10.2 Å². The van der Waals surface area contributed by atoms with Crippen molar-refractivity contribution >= 4 is 27.5 Å². The van der Waals surface area contributed by atoms with Gasteiger partial charge in [0.25, 0.3) is 0 Å². The van der Waals surface area contributed by atoms with Gasteiger partial charge in [0.2, 0.25) is 21.8 Å². The predicted octanol–water partition coefficient (Wildman–Crippen LogP) is 1.07. The highest BCUT2D eigenvalue weighted by Gasteiger charge is 2.37. The van der Waals surface area contributed by atoms with Gasteiger partial charge in [0, 0.05) is 37.8 Å². The summed E-state index contributed by atoms with van der Waals surface area (Å²) in [5, 5.41) is 2.97. The topological polar surface area (TPSA) is 86.8 Å². The van der Waals surface area contributed by atoms with E-state index in [1.165, 1.54) is 21.7 Å². The first-order chi connectivity index (χ1) is 13.3. The largest absolute Gasteiger partial charge is 0.352 e. The summed E-state index contributed by atoms with van der Waals surface area (Å²) < 4.78 is 24.9. The first kappa shape index (κ1) is 19.4. The molecule has 1 aromatic rings. The van der Waals surface area contributed by atoms with Crippen molar-refractivity contribution < 1.29 is 18.0 Å². The summed E-state index contributed by atoms with van der Waals surface area (Å²) in [4.78, 5) is 27.0. The van der Waals surface area contributed by atoms with Gasteiger partial charge in [0.15, 0.2) is 0 Å². The number of amides is 2. The Morgan fingerprint density at radius 3 is 2.71 bits per heavy atom. The first-order valence-electron chi connectivity index (χ1n) is 9.99. The Labute approximate surface area is 166 Å². The maximum absolute atomic E-state index is 12.7. The number of piperidine rings is 1. The molecule has 2 unspecified atom stereocenters. The Bertz CT molecular complexity index is 899. The lowest BCUT2D eigenvalue weighted by molar-refractivity contribution is -0.127. The number of hydrogen-bond donors (Lipinski definition) is 1. The number of rotatable bonds is 4. The number of nitrogens with one attached hydrogen (secondary N) is 1. The van der Waals surface area contributed by atoms with Crippen LogP contribution in [0.5, 0.6) is 0 Å². The van der Waals surface area contributed by atoms with Crippen molar-refractivity contribution in [3.63, 3.8) is 0 Å². The van der Waals surface area contributed by atoms with Crippen LogP contribution in [0, 0.1) is 5.92 Å². The van der Waals surface area contributed by atoms with Crippen LogP contribution in [0.2, 0.25) is 0 Å². The minimum absolute atomic E-state index is 0.0282. The van der Waals surface area contributed by atoms with Crippen molar-refractivity contribution in [2.45, 2.75) is 44.6 Å². The molecule has 0 spiro atoms. The van der Waals surface area contributed by atoms with E-state index in [1.54, 1.807) is 4.90 Å². The zero-order valence-corrected chi connectivity index (χ0v) is 17.0. The normalized spacial score (nSPS) is 25.8. The number of nitrogens with zero attached hydrogens (tertiary/aromatic N) is 2. The lowest BCUT2D eigenvalue weighted by Crippen LogP contribution is -2.50. The van der Waals surface area contributed by atoms with E-state index in [9.17, 15) is 18.0 Å². The smallest absolute Gasteiger partial charge is 0.227 e. The van der Waals surface area contributed by atoms with Gasteiger partial charge in [0.05, 0.1) is 12.2 Å². The lowest BCUT2D eigenvalue weighted by Gasteiger charge is -2.31. The molecule has 0 radical (unpaired) electrons. The Kier molecular flexibility index (Phi) is 5.18. The zero-order valence-electron chi connectivity index (χ0n) is 16.2. The van der Waals surface area contributed by atoms with E-state index in [-0.39, 0.29) is 24.3 Å². The summed E-state index contributed by atoms with van der Waals surface area (Å²) in [6.45, 7) is 1.19. The third kappa shape index (κ3) is 3.93. The van der Waals surface area contributed by atoms with Crippen LogP contribution in [0.4, 0.5) is 5.69 Å². The van der Waals surface area contributed by atoms with Crippen LogP contribution in [-0.2, 0) is 32.5 Å². The van der Waals surface area contributed by atoms with Gasteiger partial charge in [-0.25, -0.2) is 12.7 Å². The molecule has 2 amide bonds. The molecule has 2 aliphatic heterocycles. The molecule has 7 nitrogen and oxygen atoms in total. The molecule has 2 fully saturated rings. The quantitative estimate of drug-likeness (QED) is 0.812. The van der Waals surface area contributed by atoms with Gasteiger partial charge >= 0.3 is 0 Å². The molecule has 2 heterocycles. The van der Waals surface area contributed by atoms with Crippen molar-refractivity contribution in [2.75, 3.05) is 30.8 Å². The van der Waals surface area contributed by atoms with Gasteiger partial charge in [-0.15, -0.1) is 0 Å². The second kappa shape index (κ2) is 7.48. The summed E-state index contributed by atoms with van der Waals surface area (Å²) in [6.07, 6.45) is 6.18. The maximum atomic E-state index is 12.7. The summed E-state index contributed by atoms with van der Waals surface area (Å²) in [5.74, 6) is -0.578. The monoisotopic (exact) mass is 405 g/mol. The number of benzene rings is 1. The highest BCUT2D eigenvalue weighted by Crippen LogP contribution is 2.30. The number of fused-ring (bicyclic) bond motifs is 1.